The number of allylic oxidation sites excluding steroid dienone is 2. The zero-order chi connectivity index (χ0) is 21.9. The number of nitrogens with one attached hydrogen (secondary N) is 2. The molecule has 5 nitrogen and oxygen atoms in total. The summed E-state index contributed by atoms with van der Waals surface area (Å²) in [5.41, 5.74) is 4.96. The smallest absolute Gasteiger partial charge is 0.376 e. The van der Waals surface area contributed by atoms with E-state index in [-0.39, 0.29) is 17.6 Å². The molecule has 1 aliphatic heterocycles. The molecule has 0 radical (unpaired) electrons. The maximum Gasteiger partial charge on any atom is 0.416 e. The lowest BCUT2D eigenvalue weighted by molar-refractivity contribution is -0.137. The third-order valence-electron chi connectivity index (χ3n) is 5.08. The lowest BCUT2D eigenvalue weighted by Crippen LogP contribution is -2.26. The maximum absolute atomic E-state index is 12.7. The quantitative estimate of drug-likeness (QED) is 0.556. The number of hydrogen-bond donors (Lipinski definition) is 2. The van der Waals surface area contributed by atoms with Gasteiger partial charge in [0.15, 0.2) is 0 Å². The van der Waals surface area contributed by atoms with E-state index in [2.05, 4.69) is 46.7 Å². The minimum Gasteiger partial charge on any atom is -0.376 e. The fourth-order valence-corrected chi connectivity index (χ4v) is 3.55. The largest absolute Gasteiger partial charge is 0.416 e. The molecule has 1 amide bonds. The van der Waals surface area contributed by atoms with Gasteiger partial charge >= 0.3 is 6.18 Å². The molecule has 1 aliphatic rings. The first kappa shape index (κ1) is 21.4. The second-order valence-corrected chi connectivity index (χ2v) is 7.50. The van der Waals surface area contributed by atoms with Crippen LogP contribution >= 0.6 is 0 Å². The van der Waals surface area contributed by atoms with Gasteiger partial charge < -0.3 is 10.2 Å². The van der Waals surface area contributed by atoms with Gasteiger partial charge in [0, 0.05) is 35.7 Å². The van der Waals surface area contributed by atoms with Crippen molar-refractivity contribution in [2.75, 3.05) is 23.8 Å². The number of benzene rings is 2. The molecule has 0 aliphatic carbocycles. The summed E-state index contributed by atoms with van der Waals surface area (Å²) in [4.78, 5) is 14.0. The van der Waals surface area contributed by atoms with Crippen LogP contribution in [0.2, 0.25) is 0 Å². The van der Waals surface area contributed by atoms with E-state index in [0.717, 1.165) is 23.5 Å². The van der Waals surface area contributed by atoms with Crippen molar-refractivity contribution in [3.63, 3.8) is 0 Å². The number of alkyl halides is 3. The third kappa shape index (κ3) is 4.48. The molecule has 0 fully saturated rings. The number of hydrogen-bond acceptors (Lipinski definition) is 4. The minimum atomic E-state index is -4.43. The number of rotatable bonds is 5. The van der Waals surface area contributed by atoms with Crippen molar-refractivity contribution in [3.05, 3.63) is 71.4 Å². The van der Waals surface area contributed by atoms with Gasteiger partial charge in [-0.1, -0.05) is 38.1 Å². The van der Waals surface area contributed by atoms with Crippen LogP contribution in [0.15, 0.2) is 65.4 Å². The van der Waals surface area contributed by atoms with E-state index in [1.165, 1.54) is 23.9 Å². The van der Waals surface area contributed by atoms with Crippen molar-refractivity contribution >= 4 is 23.5 Å². The highest BCUT2D eigenvalue weighted by atomic mass is 19.4. The molecule has 0 unspecified atom stereocenters. The van der Waals surface area contributed by atoms with Crippen LogP contribution in [-0.2, 0) is 16.4 Å². The maximum atomic E-state index is 12.7. The standard InChI is InChI=1S/C22H23F3N4O/c1-21(2)17-9-4-5-10-18(17)29(3)19(21)11-12-27-28-20(30)14-26-16-8-6-7-15(13-16)22(23,24)25/h4-13,26H,14H2,1-3H3,(H,28,30)/b19-11+,27-12?. The summed E-state index contributed by atoms with van der Waals surface area (Å²) in [6.45, 7) is 4.03. The van der Waals surface area contributed by atoms with Gasteiger partial charge in [-0.2, -0.15) is 18.3 Å². The first-order valence-corrected chi connectivity index (χ1v) is 9.38. The van der Waals surface area contributed by atoms with Gasteiger partial charge in [0.25, 0.3) is 5.91 Å². The van der Waals surface area contributed by atoms with Gasteiger partial charge in [0.05, 0.1) is 12.1 Å². The number of anilines is 2. The number of amides is 1. The first-order valence-electron chi connectivity index (χ1n) is 9.38. The van der Waals surface area contributed by atoms with Crippen LogP contribution in [0.25, 0.3) is 0 Å². The SMILES string of the molecule is CN1/C(=C/C=NNC(=O)CNc2cccc(C(F)(F)F)c2)C(C)(C)c2ccccc21. The Kier molecular flexibility index (Phi) is 5.87. The summed E-state index contributed by atoms with van der Waals surface area (Å²) < 4.78 is 38.2. The second kappa shape index (κ2) is 8.22. The molecule has 0 atom stereocenters. The average Bonchev–Trinajstić information content (AvgIpc) is 2.89. The average molecular weight is 416 g/mol. The molecule has 2 aromatic carbocycles. The Labute approximate surface area is 173 Å². The van der Waals surface area contributed by atoms with Gasteiger partial charge in [-0.3, -0.25) is 4.79 Å². The summed E-state index contributed by atoms with van der Waals surface area (Å²) in [7, 11) is 1.98. The highest BCUT2D eigenvalue weighted by molar-refractivity contribution is 5.83. The number of halogens is 3. The van der Waals surface area contributed by atoms with Gasteiger partial charge in [-0.25, -0.2) is 5.43 Å². The molecule has 8 heteroatoms. The Morgan fingerprint density at radius 1 is 1.17 bits per heavy atom. The molecular formula is C22H23F3N4O. The molecule has 0 saturated carbocycles. The minimum absolute atomic E-state index is 0.202. The molecular weight excluding hydrogens is 393 g/mol. The molecule has 1 heterocycles. The van der Waals surface area contributed by atoms with Crippen molar-refractivity contribution in [2.24, 2.45) is 5.10 Å². The van der Waals surface area contributed by atoms with Crippen LogP contribution in [0.5, 0.6) is 0 Å². The molecule has 0 bridgehead atoms. The predicted molar refractivity (Wildman–Crippen MR) is 113 cm³/mol. The lowest BCUT2D eigenvalue weighted by Gasteiger charge is -2.23. The number of carbonyl (C=O) groups is 1. The van der Waals surface area contributed by atoms with Crippen molar-refractivity contribution in [2.45, 2.75) is 25.4 Å². The van der Waals surface area contributed by atoms with Gasteiger partial charge in [-0.05, 0) is 35.9 Å². The lowest BCUT2D eigenvalue weighted by atomic mass is 9.84. The molecule has 158 valence electrons. The Hall–Kier alpha value is -3.29. The number of hydrazone groups is 1. The monoisotopic (exact) mass is 416 g/mol. The number of fused-ring (bicyclic) bond motifs is 1. The number of nitrogens with zero attached hydrogens (tertiary/aromatic N) is 2. The van der Waals surface area contributed by atoms with Crippen LogP contribution in [0.4, 0.5) is 24.5 Å². The summed E-state index contributed by atoms with van der Waals surface area (Å²) >= 11 is 0. The molecule has 2 aromatic rings. The Balaban J connectivity index is 1.57. The second-order valence-electron chi connectivity index (χ2n) is 7.50. The first-order chi connectivity index (χ1) is 14.1. The number of carbonyl (C=O) groups excluding carboxylic acids is 1. The highest BCUT2D eigenvalue weighted by Gasteiger charge is 2.37. The summed E-state index contributed by atoms with van der Waals surface area (Å²) in [5, 5.41) is 6.58. The van der Waals surface area contributed by atoms with Gasteiger partial charge in [-0.15, -0.1) is 0 Å². The summed E-state index contributed by atoms with van der Waals surface area (Å²) in [5.74, 6) is -0.468. The van der Waals surface area contributed by atoms with Gasteiger partial charge in [0.1, 0.15) is 0 Å². The molecule has 3 rings (SSSR count). The number of para-hydroxylation sites is 1. The summed E-state index contributed by atoms with van der Waals surface area (Å²) in [6, 6.07) is 12.8. The molecule has 30 heavy (non-hydrogen) atoms. The van der Waals surface area contributed by atoms with E-state index in [1.54, 1.807) is 0 Å². The van der Waals surface area contributed by atoms with E-state index in [4.69, 9.17) is 0 Å². The fourth-order valence-electron chi connectivity index (χ4n) is 3.55. The van der Waals surface area contributed by atoms with E-state index < -0.39 is 17.6 Å². The van der Waals surface area contributed by atoms with E-state index >= 15 is 0 Å². The molecule has 0 saturated heterocycles. The third-order valence-corrected chi connectivity index (χ3v) is 5.08. The fraction of sp³-hybridized carbons (Fsp3) is 0.273. The van der Waals surface area contributed by atoms with E-state index in [9.17, 15) is 18.0 Å². The van der Waals surface area contributed by atoms with Crippen LogP contribution in [0.1, 0.15) is 25.0 Å². The molecule has 2 N–H and O–H groups in total. The predicted octanol–water partition coefficient (Wildman–Crippen LogP) is 4.53. The Morgan fingerprint density at radius 3 is 2.60 bits per heavy atom. The van der Waals surface area contributed by atoms with Crippen molar-refractivity contribution < 1.29 is 18.0 Å². The summed E-state index contributed by atoms with van der Waals surface area (Å²) in [6.07, 6.45) is -1.10. The van der Waals surface area contributed by atoms with Crippen molar-refractivity contribution in [3.8, 4) is 0 Å². The van der Waals surface area contributed by atoms with E-state index in [0.29, 0.717) is 0 Å². The zero-order valence-corrected chi connectivity index (χ0v) is 16.9. The zero-order valence-electron chi connectivity index (χ0n) is 16.9. The van der Waals surface area contributed by atoms with Crippen LogP contribution in [0, 0.1) is 0 Å². The van der Waals surface area contributed by atoms with Crippen LogP contribution < -0.4 is 15.6 Å². The number of likely N-dealkylation sites (N-methyl/N-ethyl adjacent to an activating group) is 1. The highest BCUT2D eigenvalue weighted by Crippen LogP contribution is 2.46. The van der Waals surface area contributed by atoms with Crippen molar-refractivity contribution in [1.82, 2.24) is 5.43 Å². The van der Waals surface area contributed by atoms with Crippen molar-refractivity contribution in [1.29, 1.82) is 0 Å². The van der Waals surface area contributed by atoms with E-state index in [1.807, 2.05) is 25.3 Å². The topological polar surface area (TPSA) is 56.7 Å². The molecule has 0 spiro atoms. The Morgan fingerprint density at radius 2 is 1.90 bits per heavy atom. The van der Waals surface area contributed by atoms with Gasteiger partial charge in [0.2, 0.25) is 0 Å². The normalized spacial score (nSPS) is 16.7. The van der Waals surface area contributed by atoms with Crippen LogP contribution in [-0.4, -0.2) is 25.7 Å². The Bertz CT molecular complexity index is 996. The van der Waals surface area contributed by atoms with Crippen LogP contribution in [0.3, 0.4) is 0 Å². The molecule has 0 aromatic heterocycles.